The molecule has 6 heteroatoms. The standard InChI is InChI=1S/C23H27N3O3/c1-15(2)29-22-24-20(16-10-12-18(13-11-16)23(3,4)5)26(25-22)21(27)17-8-7-9-19(14-17)28-6/h7-15H,1-6H3. The molecule has 3 rings (SSSR count). The Morgan fingerprint density at radius 1 is 1.07 bits per heavy atom. The van der Waals surface area contributed by atoms with Crippen molar-refractivity contribution >= 4 is 5.91 Å². The van der Waals surface area contributed by atoms with Crippen molar-refractivity contribution in [2.24, 2.45) is 0 Å². The van der Waals surface area contributed by atoms with Crippen LogP contribution < -0.4 is 9.47 Å². The Kier molecular flexibility index (Phi) is 5.73. The number of benzene rings is 2. The van der Waals surface area contributed by atoms with Crippen molar-refractivity contribution in [1.82, 2.24) is 14.8 Å². The molecule has 0 amide bonds. The molecule has 0 bridgehead atoms. The smallest absolute Gasteiger partial charge is 0.336 e. The van der Waals surface area contributed by atoms with Crippen LogP contribution in [0.15, 0.2) is 48.5 Å². The number of rotatable bonds is 5. The number of aromatic nitrogens is 3. The molecule has 0 aliphatic rings. The summed E-state index contributed by atoms with van der Waals surface area (Å²) in [6, 6.07) is 15.1. The van der Waals surface area contributed by atoms with Crippen molar-refractivity contribution in [3.8, 4) is 23.1 Å². The van der Waals surface area contributed by atoms with Crippen LogP contribution in [-0.2, 0) is 5.41 Å². The Balaban J connectivity index is 2.06. The zero-order chi connectivity index (χ0) is 21.2. The van der Waals surface area contributed by atoms with Crippen molar-refractivity contribution in [1.29, 1.82) is 0 Å². The van der Waals surface area contributed by atoms with Gasteiger partial charge in [0.2, 0.25) is 0 Å². The lowest BCUT2D eigenvalue weighted by Gasteiger charge is -2.19. The van der Waals surface area contributed by atoms with Gasteiger partial charge in [-0.3, -0.25) is 4.79 Å². The first-order valence-corrected chi connectivity index (χ1v) is 9.62. The van der Waals surface area contributed by atoms with Crippen LogP contribution in [0.5, 0.6) is 11.8 Å². The van der Waals surface area contributed by atoms with E-state index in [-0.39, 0.29) is 23.4 Å². The molecule has 29 heavy (non-hydrogen) atoms. The predicted molar refractivity (Wildman–Crippen MR) is 113 cm³/mol. The molecule has 3 aromatic rings. The average Bonchev–Trinajstić information content (AvgIpc) is 3.09. The molecule has 0 aliphatic heterocycles. The van der Waals surface area contributed by atoms with Crippen LogP contribution in [0.3, 0.4) is 0 Å². The Bertz CT molecular complexity index is 999. The van der Waals surface area contributed by atoms with Crippen molar-refractivity contribution in [2.45, 2.75) is 46.1 Å². The lowest BCUT2D eigenvalue weighted by Crippen LogP contribution is -2.16. The Labute approximate surface area is 171 Å². The van der Waals surface area contributed by atoms with Gasteiger partial charge in [0.05, 0.1) is 13.2 Å². The molecule has 0 N–H and O–H groups in total. The first kappa shape index (κ1) is 20.6. The molecule has 0 spiro atoms. The Hall–Kier alpha value is -3.15. The summed E-state index contributed by atoms with van der Waals surface area (Å²) in [6.07, 6.45) is -0.103. The maximum absolute atomic E-state index is 13.2. The Morgan fingerprint density at radius 2 is 1.76 bits per heavy atom. The third-order valence-electron chi connectivity index (χ3n) is 4.45. The van der Waals surface area contributed by atoms with Crippen LogP contribution in [-0.4, -0.2) is 33.9 Å². The highest BCUT2D eigenvalue weighted by atomic mass is 16.5. The van der Waals surface area contributed by atoms with Crippen LogP contribution in [0.25, 0.3) is 11.4 Å². The average molecular weight is 393 g/mol. The third-order valence-corrected chi connectivity index (χ3v) is 4.45. The first-order valence-electron chi connectivity index (χ1n) is 9.62. The third kappa shape index (κ3) is 4.65. The van der Waals surface area contributed by atoms with Gasteiger partial charge in [0.25, 0.3) is 5.91 Å². The monoisotopic (exact) mass is 393 g/mol. The molecule has 1 aromatic heterocycles. The zero-order valence-electron chi connectivity index (χ0n) is 17.8. The minimum atomic E-state index is -0.301. The quantitative estimate of drug-likeness (QED) is 0.627. The number of ether oxygens (including phenoxy) is 2. The molecule has 1 heterocycles. The number of carbonyl (C=O) groups is 1. The molecule has 0 radical (unpaired) electrons. The van der Waals surface area contributed by atoms with Crippen LogP contribution in [0.4, 0.5) is 0 Å². The van der Waals surface area contributed by atoms with Crippen molar-refractivity contribution < 1.29 is 14.3 Å². The summed E-state index contributed by atoms with van der Waals surface area (Å²) >= 11 is 0. The minimum absolute atomic E-state index is 0.0362. The number of nitrogens with zero attached hydrogens (tertiary/aromatic N) is 3. The topological polar surface area (TPSA) is 66.2 Å². The van der Waals surface area contributed by atoms with E-state index in [0.717, 1.165) is 5.56 Å². The molecule has 152 valence electrons. The van der Waals surface area contributed by atoms with Gasteiger partial charge >= 0.3 is 6.01 Å². The van der Waals surface area contributed by atoms with Gasteiger partial charge in [-0.2, -0.15) is 9.67 Å². The van der Waals surface area contributed by atoms with E-state index in [1.54, 1.807) is 31.4 Å². The van der Waals surface area contributed by atoms with E-state index < -0.39 is 0 Å². The maximum Gasteiger partial charge on any atom is 0.336 e. The van der Waals surface area contributed by atoms with E-state index in [2.05, 4.69) is 30.9 Å². The molecule has 0 saturated heterocycles. The van der Waals surface area contributed by atoms with Gasteiger partial charge < -0.3 is 9.47 Å². The van der Waals surface area contributed by atoms with Crippen LogP contribution in [0, 0.1) is 0 Å². The van der Waals surface area contributed by atoms with Gasteiger partial charge in [-0.05, 0) is 43.0 Å². The molecule has 2 aromatic carbocycles. The highest BCUT2D eigenvalue weighted by Gasteiger charge is 2.22. The summed E-state index contributed by atoms with van der Waals surface area (Å²) in [7, 11) is 1.57. The van der Waals surface area contributed by atoms with E-state index in [4.69, 9.17) is 9.47 Å². The van der Waals surface area contributed by atoms with Crippen molar-refractivity contribution in [3.63, 3.8) is 0 Å². The maximum atomic E-state index is 13.2. The van der Waals surface area contributed by atoms with Gasteiger partial charge in [-0.15, -0.1) is 5.10 Å². The number of hydrogen-bond acceptors (Lipinski definition) is 5. The summed E-state index contributed by atoms with van der Waals surface area (Å²) < 4.78 is 12.2. The van der Waals surface area contributed by atoms with E-state index >= 15 is 0 Å². The zero-order valence-corrected chi connectivity index (χ0v) is 17.8. The minimum Gasteiger partial charge on any atom is -0.497 e. The highest BCUT2D eigenvalue weighted by Crippen LogP contribution is 2.27. The predicted octanol–water partition coefficient (Wildman–Crippen LogP) is 4.73. The second-order valence-electron chi connectivity index (χ2n) is 8.16. The van der Waals surface area contributed by atoms with Crippen molar-refractivity contribution in [3.05, 3.63) is 59.7 Å². The fourth-order valence-electron chi connectivity index (χ4n) is 2.88. The summed E-state index contributed by atoms with van der Waals surface area (Å²) in [5.74, 6) is 0.740. The van der Waals surface area contributed by atoms with Gasteiger partial charge in [-0.25, -0.2) is 0 Å². The molecule has 0 fully saturated rings. The molecular formula is C23H27N3O3. The van der Waals surface area contributed by atoms with E-state index in [1.807, 2.05) is 38.1 Å². The normalized spacial score (nSPS) is 11.6. The van der Waals surface area contributed by atoms with Crippen LogP contribution >= 0.6 is 0 Å². The molecule has 0 saturated carbocycles. The van der Waals surface area contributed by atoms with E-state index in [0.29, 0.717) is 17.1 Å². The number of carbonyl (C=O) groups excluding carboxylic acids is 1. The number of hydrogen-bond donors (Lipinski definition) is 0. The van der Waals surface area contributed by atoms with Crippen LogP contribution in [0.1, 0.15) is 50.5 Å². The van der Waals surface area contributed by atoms with Gasteiger partial charge in [-0.1, -0.05) is 51.1 Å². The van der Waals surface area contributed by atoms with Gasteiger partial charge in [0.15, 0.2) is 5.82 Å². The lowest BCUT2D eigenvalue weighted by molar-refractivity contribution is 0.0943. The first-order chi connectivity index (χ1) is 13.7. The van der Waals surface area contributed by atoms with E-state index in [9.17, 15) is 4.79 Å². The Morgan fingerprint density at radius 3 is 2.34 bits per heavy atom. The van der Waals surface area contributed by atoms with Gasteiger partial charge in [0, 0.05) is 11.1 Å². The number of methoxy groups -OCH3 is 1. The molecule has 6 nitrogen and oxygen atoms in total. The molecular weight excluding hydrogens is 366 g/mol. The summed E-state index contributed by atoms with van der Waals surface area (Å²) in [5, 5.41) is 4.32. The summed E-state index contributed by atoms with van der Waals surface area (Å²) in [5.41, 5.74) is 2.48. The second kappa shape index (κ2) is 8.07. The second-order valence-corrected chi connectivity index (χ2v) is 8.16. The van der Waals surface area contributed by atoms with Crippen LogP contribution in [0.2, 0.25) is 0 Å². The molecule has 0 unspecified atom stereocenters. The molecule has 0 aliphatic carbocycles. The lowest BCUT2D eigenvalue weighted by atomic mass is 9.87. The van der Waals surface area contributed by atoms with Gasteiger partial charge in [0.1, 0.15) is 5.75 Å². The summed E-state index contributed by atoms with van der Waals surface area (Å²) in [6.45, 7) is 10.3. The van der Waals surface area contributed by atoms with Crippen molar-refractivity contribution in [2.75, 3.05) is 7.11 Å². The fraction of sp³-hybridized carbons (Fsp3) is 0.348. The largest absolute Gasteiger partial charge is 0.497 e. The fourth-order valence-corrected chi connectivity index (χ4v) is 2.88. The SMILES string of the molecule is COc1cccc(C(=O)n2nc(OC(C)C)nc2-c2ccc(C(C)(C)C)cc2)c1. The van der Waals surface area contributed by atoms with E-state index in [1.165, 1.54) is 10.2 Å². The molecule has 0 atom stereocenters. The highest BCUT2D eigenvalue weighted by molar-refractivity contribution is 5.97. The summed E-state index contributed by atoms with van der Waals surface area (Å²) in [4.78, 5) is 17.7.